The van der Waals surface area contributed by atoms with Crippen molar-refractivity contribution in [3.63, 3.8) is 0 Å². The molecule has 0 aliphatic rings. The van der Waals surface area contributed by atoms with Crippen molar-refractivity contribution in [3.8, 4) is 0 Å². The van der Waals surface area contributed by atoms with Gasteiger partial charge in [0, 0.05) is 12.1 Å². The van der Waals surface area contributed by atoms with Crippen LogP contribution in [0.5, 0.6) is 0 Å². The average molecular weight is 223 g/mol. The van der Waals surface area contributed by atoms with Gasteiger partial charge in [0.05, 0.1) is 12.7 Å². The van der Waals surface area contributed by atoms with Crippen molar-refractivity contribution in [2.75, 3.05) is 5.32 Å². The van der Waals surface area contributed by atoms with Crippen molar-refractivity contribution in [1.29, 1.82) is 0 Å². The minimum atomic E-state index is -0.456. The second-order valence-corrected chi connectivity index (χ2v) is 3.79. The van der Waals surface area contributed by atoms with E-state index in [1.165, 1.54) is 0 Å². The number of hydrogen-bond acceptors (Lipinski definition) is 3. The third-order valence-corrected chi connectivity index (χ3v) is 2.21. The number of carbonyl (C=O) groups is 1. The first-order valence-electron chi connectivity index (χ1n) is 5.29. The number of rotatable bonds is 5. The minimum absolute atomic E-state index is 0.00372. The fourth-order valence-corrected chi connectivity index (χ4v) is 1.26. The van der Waals surface area contributed by atoms with Gasteiger partial charge in [-0.05, 0) is 31.0 Å². The Morgan fingerprint density at radius 3 is 2.50 bits per heavy atom. The van der Waals surface area contributed by atoms with Crippen LogP contribution in [0.4, 0.5) is 5.69 Å². The molecule has 0 radical (unpaired) electrons. The van der Waals surface area contributed by atoms with Crippen LogP contribution in [0.3, 0.4) is 0 Å². The Bertz CT molecular complexity index is 333. The normalized spacial score (nSPS) is 12.2. The second-order valence-electron chi connectivity index (χ2n) is 3.79. The van der Waals surface area contributed by atoms with E-state index in [1.807, 2.05) is 0 Å². The molecule has 0 heterocycles. The number of carbonyl (C=O) groups excluding carboxylic acids is 1. The van der Waals surface area contributed by atoms with E-state index in [4.69, 9.17) is 10.2 Å². The number of benzene rings is 1. The lowest BCUT2D eigenvalue weighted by Gasteiger charge is -2.06. The molecule has 0 saturated carbocycles. The molecule has 0 fully saturated rings. The lowest BCUT2D eigenvalue weighted by atomic mass is 10.2. The summed E-state index contributed by atoms with van der Waals surface area (Å²) in [4.78, 5) is 11.4. The molecule has 1 aromatic rings. The Morgan fingerprint density at radius 1 is 1.38 bits per heavy atom. The Labute approximate surface area is 94.9 Å². The van der Waals surface area contributed by atoms with Crippen LogP contribution in [0.1, 0.15) is 25.3 Å². The maximum Gasteiger partial charge on any atom is 0.224 e. The molecule has 3 N–H and O–H groups in total. The van der Waals surface area contributed by atoms with E-state index in [2.05, 4.69) is 5.32 Å². The average Bonchev–Trinajstić information content (AvgIpc) is 2.27. The lowest BCUT2D eigenvalue weighted by molar-refractivity contribution is -0.116. The van der Waals surface area contributed by atoms with Gasteiger partial charge in [0.2, 0.25) is 5.91 Å². The fraction of sp³-hybridized carbons (Fsp3) is 0.417. The number of amides is 1. The van der Waals surface area contributed by atoms with Crippen LogP contribution in [-0.4, -0.2) is 22.2 Å². The third-order valence-electron chi connectivity index (χ3n) is 2.21. The molecule has 0 bridgehead atoms. The molecule has 1 unspecified atom stereocenters. The number of nitrogens with one attached hydrogen (secondary N) is 1. The SMILES string of the molecule is CC(O)CCC(=O)Nc1ccc(CO)cc1. The Morgan fingerprint density at radius 2 is 2.00 bits per heavy atom. The molecule has 88 valence electrons. The highest BCUT2D eigenvalue weighted by molar-refractivity contribution is 5.90. The fourth-order valence-electron chi connectivity index (χ4n) is 1.26. The summed E-state index contributed by atoms with van der Waals surface area (Å²) in [5.74, 6) is -0.113. The van der Waals surface area contributed by atoms with E-state index >= 15 is 0 Å². The Kier molecular flexibility index (Phi) is 4.95. The molecule has 4 heteroatoms. The molecule has 4 nitrogen and oxygen atoms in total. The summed E-state index contributed by atoms with van der Waals surface area (Å²) in [5.41, 5.74) is 1.51. The highest BCUT2D eigenvalue weighted by Gasteiger charge is 2.04. The largest absolute Gasteiger partial charge is 0.393 e. The summed E-state index contributed by atoms with van der Waals surface area (Å²) in [6, 6.07) is 6.99. The molecule has 1 rings (SSSR count). The highest BCUT2D eigenvalue weighted by atomic mass is 16.3. The molecular formula is C12H17NO3. The standard InChI is InChI=1S/C12H17NO3/c1-9(15)2-7-12(16)13-11-5-3-10(8-14)4-6-11/h3-6,9,14-15H,2,7-8H2,1H3,(H,13,16). The summed E-state index contributed by atoms with van der Waals surface area (Å²) in [5, 5.41) is 20.6. The Hall–Kier alpha value is -1.39. The van der Waals surface area contributed by atoms with E-state index in [9.17, 15) is 4.79 Å². The number of aliphatic hydroxyl groups excluding tert-OH is 2. The maximum atomic E-state index is 11.4. The monoisotopic (exact) mass is 223 g/mol. The predicted molar refractivity (Wildman–Crippen MR) is 61.9 cm³/mol. The molecule has 1 aromatic carbocycles. The van der Waals surface area contributed by atoms with Gasteiger partial charge < -0.3 is 15.5 Å². The van der Waals surface area contributed by atoms with E-state index in [0.717, 1.165) is 5.56 Å². The van der Waals surface area contributed by atoms with E-state index in [1.54, 1.807) is 31.2 Å². The Balaban J connectivity index is 2.43. The van der Waals surface area contributed by atoms with Gasteiger partial charge in [0.1, 0.15) is 0 Å². The van der Waals surface area contributed by atoms with E-state index < -0.39 is 6.10 Å². The molecule has 1 atom stereocenters. The summed E-state index contributed by atoms with van der Waals surface area (Å²) in [6.45, 7) is 1.65. The van der Waals surface area contributed by atoms with Crippen LogP contribution in [-0.2, 0) is 11.4 Å². The molecule has 1 amide bonds. The molecule has 0 aliphatic carbocycles. The lowest BCUT2D eigenvalue weighted by Crippen LogP contribution is -2.13. The van der Waals surface area contributed by atoms with Crippen molar-refractivity contribution in [3.05, 3.63) is 29.8 Å². The summed E-state index contributed by atoms with van der Waals surface area (Å²) in [7, 11) is 0. The molecule has 0 spiro atoms. The van der Waals surface area contributed by atoms with Crippen LogP contribution >= 0.6 is 0 Å². The van der Waals surface area contributed by atoms with Gasteiger partial charge in [-0.3, -0.25) is 4.79 Å². The molecule has 0 aromatic heterocycles. The summed E-state index contributed by atoms with van der Waals surface area (Å²) >= 11 is 0. The van der Waals surface area contributed by atoms with Crippen LogP contribution < -0.4 is 5.32 Å². The quantitative estimate of drug-likeness (QED) is 0.704. The zero-order valence-corrected chi connectivity index (χ0v) is 9.31. The van der Waals surface area contributed by atoms with Gasteiger partial charge in [0.15, 0.2) is 0 Å². The summed E-state index contributed by atoms with van der Waals surface area (Å²) < 4.78 is 0. The van der Waals surface area contributed by atoms with Crippen LogP contribution in [0.2, 0.25) is 0 Å². The van der Waals surface area contributed by atoms with Gasteiger partial charge in [-0.2, -0.15) is 0 Å². The first-order chi connectivity index (χ1) is 7.61. The smallest absolute Gasteiger partial charge is 0.224 e. The van der Waals surface area contributed by atoms with Crippen molar-refractivity contribution in [2.24, 2.45) is 0 Å². The van der Waals surface area contributed by atoms with Crippen molar-refractivity contribution in [2.45, 2.75) is 32.5 Å². The molecule has 0 aliphatic heterocycles. The van der Waals surface area contributed by atoms with E-state index in [-0.39, 0.29) is 12.5 Å². The maximum absolute atomic E-state index is 11.4. The molecule has 0 saturated heterocycles. The van der Waals surface area contributed by atoms with Gasteiger partial charge in [0.25, 0.3) is 0 Å². The minimum Gasteiger partial charge on any atom is -0.393 e. The zero-order chi connectivity index (χ0) is 12.0. The summed E-state index contributed by atoms with van der Waals surface area (Å²) in [6.07, 6.45) is 0.308. The third kappa shape index (κ3) is 4.42. The van der Waals surface area contributed by atoms with Gasteiger partial charge in [-0.15, -0.1) is 0 Å². The van der Waals surface area contributed by atoms with Crippen molar-refractivity contribution in [1.82, 2.24) is 0 Å². The number of anilines is 1. The van der Waals surface area contributed by atoms with E-state index in [0.29, 0.717) is 18.5 Å². The van der Waals surface area contributed by atoms with Gasteiger partial charge in [-0.1, -0.05) is 12.1 Å². The van der Waals surface area contributed by atoms with Gasteiger partial charge in [-0.25, -0.2) is 0 Å². The predicted octanol–water partition coefficient (Wildman–Crippen LogP) is 1.28. The first kappa shape index (κ1) is 12.7. The van der Waals surface area contributed by atoms with Crippen LogP contribution in [0, 0.1) is 0 Å². The topological polar surface area (TPSA) is 69.6 Å². The van der Waals surface area contributed by atoms with Crippen LogP contribution in [0.25, 0.3) is 0 Å². The van der Waals surface area contributed by atoms with Gasteiger partial charge >= 0.3 is 0 Å². The van der Waals surface area contributed by atoms with Crippen molar-refractivity contribution >= 4 is 11.6 Å². The first-order valence-corrected chi connectivity index (χ1v) is 5.29. The number of hydrogen-bond donors (Lipinski definition) is 3. The zero-order valence-electron chi connectivity index (χ0n) is 9.31. The second kappa shape index (κ2) is 6.25. The molecule has 16 heavy (non-hydrogen) atoms. The van der Waals surface area contributed by atoms with Crippen molar-refractivity contribution < 1.29 is 15.0 Å². The number of aliphatic hydroxyl groups is 2. The van der Waals surface area contributed by atoms with Crippen LogP contribution in [0.15, 0.2) is 24.3 Å². The highest BCUT2D eigenvalue weighted by Crippen LogP contribution is 2.10. The molecular weight excluding hydrogens is 206 g/mol.